The molecule has 0 aromatic carbocycles. The van der Waals surface area contributed by atoms with E-state index in [1.807, 2.05) is 16.7 Å². The van der Waals surface area contributed by atoms with Crippen LogP contribution >= 0.6 is 0 Å². The van der Waals surface area contributed by atoms with Gasteiger partial charge in [-0.25, -0.2) is 14.8 Å². The van der Waals surface area contributed by atoms with Crippen molar-refractivity contribution in [2.75, 3.05) is 0 Å². The van der Waals surface area contributed by atoms with Crippen molar-refractivity contribution < 1.29 is 0 Å². The molecule has 2 aliphatic heterocycles. The summed E-state index contributed by atoms with van der Waals surface area (Å²) in [7, 11) is 0. The first-order valence-corrected chi connectivity index (χ1v) is 10.5. The van der Waals surface area contributed by atoms with Crippen LogP contribution in [0.4, 0.5) is 0 Å². The topological polar surface area (TPSA) is 93.5 Å². The van der Waals surface area contributed by atoms with Crippen LogP contribution in [-0.4, -0.2) is 24.5 Å². The summed E-state index contributed by atoms with van der Waals surface area (Å²) in [4.78, 5) is 38.6. The minimum atomic E-state index is -0.639. The van der Waals surface area contributed by atoms with Crippen molar-refractivity contribution in [2.45, 2.75) is 77.7 Å². The monoisotopic (exact) mass is 383 g/mol. The molecule has 0 bridgehead atoms. The van der Waals surface area contributed by atoms with Crippen molar-refractivity contribution in [3.05, 3.63) is 39.2 Å². The molecule has 150 valence electrons. The van der Waals surface area contributed by atoms with E-state index >= 15 is 0 Å². The summed E-state index contributed by atoms with van der Waals surface area (Å²) in [5.74, 6) is 0.338. The van der Waals surface area contributed by atoms with Crippen LogP contribution in [0, 0.1) is 0 Å². The third-order valence-electron chi connectivity index (χ3n) is 5.12. The van der Waals surface area contributed by atoms with Crippen molar-refractivity contribution in [2.24, 2.45) is 0 Å². The third kappa shape index (κ3) is 5.03. The van der Waals surface area contributed by atoms with Crippen molar-refractivity contribution in [1.29, 1.82) is 0 Å². The molecule has 0 unspecified atom stereocenters. The van der Waals surface area contributed by atoms with E-state index in [0.29, 0.717) is 18.0 Å². The molecule has 0 fully saturated rings. The smallest absolute Gasteiger partial charge is 0.321 e. The van der Waals surface area contributed by atoms with Crippen LogP contribution in [0.2, 0.25) is 0 Å². The average Bonchev–Trinajstić information content (AvgIpc) is 2.69. The number of unbranched alkanes of at least 4 members (excludes halogenated alkanes) is 9. The summed E-state index contributed by atoms with van der Waals surface area (Å²) < 4.78 is 1.91. The number of hydrogen-bond acceptors (Lipinski definition) is 5. The van der Waals surface area contributed by atoms with E-state index in [0.717, 1.165) is 18.4 Å². The Hall–Kier alpha value is -2.57. The summed E-state index contributed by atoms with van der Waals surface area (Å²) in [6.07, 6.45) is 14.2. The lowest BCUT2D eigenvalue weighted by molar-refractivity contribution is 0.537. The Morgan fingerprint density at radius 2 is 1.61 bits per heavy atom. The summed E-state index contributed by atoms with van der Waals surface area (Å²) in [6, 6.07) is 3.73. The quantitative estimate of drug-likeness (QED) is 0.400. The number of aromatic amines is 1. The van der Waals surface area contributed by atoms with Crippen molar-refractivity contribution >= 4 is 11.2 Å². The molecule has 7 nitrogen and oxygen atoms in total. The lowest BCUT2D eigenvalue weighted by atomic mass is 10.1. The molecule has 0 atom stereocenters. The fourth-order valence-corrected chi connectivity index (χ4v) is 3.61. The molecule has 0 radical (unpaired) electrons. The highest BCUT2D eigenvalue weighted by molar-refractivity contribution is 5.75. The van der Waals surface area contributed by atoms with E-state index in [9.17, 15) is 9.59 Å². The van der Waals surface area contributed by atoms with Gasteiger partial charge in [0.15, 0.2) is 17.2 Å². The molecule has 0 amide bonds. The molecule has 3 rings (SSSR count). The first kappa shape index (κ1) is 20.2. The number of rotatable bonds is 11. The van der Waals surface area contributed by atoms with Crippen LogP contribution in [0.3, 0.4) is 0 Å². The number of aromatic nitrogens is 5. The molecule has 3 heterocycles. The van der Waals surface area contributed by atoms with E-state index in [4.69, 9.17) is 0 Å². The fraction of sp³-hybridized carbons (Fsp3) is 0.571. The minimum Gasteiger partial charge on any atom is -0.321 e. The number of fused-ring (bicyclic) bond motifs is 2. The third-order valence-corrected chi connectivity index (χ3v) is 5.12. The summed E-state index contributed by atoms with van der Waals surface area (Å²) in [5.41, 5.74) is 0.299. The maximum atomic E-state index is 12.1. The van der Waals surface area contributed by atoms with Gasteiger partial charge in [0.1, 0.15) is 0 Å². The van der Waals surface area contributed by atoms with Gasteiger partial charge in [0.25, 0.3) is 5.56 Å². The number of hydrogen-bond donors (Lipinski definition) is 1. The van der Waals surface area contributed by atoms with E-state index in [1.165, 1.54) is 51.4 Å². The SMILES string of the molecule is CCCCCCCCCCCCn1c2nc(=O)[nH]c(=O)c-2nc2ncccc21. The van der Waals surface area contributed by atoms with Gasteiger partial charge in [0.05, 0.1) is 5.52 Å². The predicted octanol–water partition coefficient (Wildman–Crippen LogP) is 3.90. The van der Waals surface area contributed by atoms with Gasteiger partial charge in [-0.2, -0.15) is 4.98 Å². The maximum Gasteiger partial charge on any atom is 0.349 e. The maximum absolute atomic E-state index is 12.1. The van der Waals surface area contributed by atoms with Gasteiger partial charge in [-0.1, -0.05) is 64.7 Å². The molecule has 0 saturated carbocycles. The summed E-state index contributed by atoms with van der Waals surface area (Å²) in [6.45, 7) is 2.93. The summed E-state index contributed by atoms with van der Waals surface area (Å²) in [5, 5.41) is 0. The molecule has 1 aromatic rings. The van der Waals surface area contributed by atoms with E-state index < -0.39 is 11.2 Å². The largest absolute Gasteiger partial charge is 0.349 e. The lowest BCUT2D eigenvalue weighted by Crippen LogP contribution is -2.29. The van der Waals surface area contributed by atoms with Gasteiger partial charge in [-0.3, -0.25) is 9.78 Å². The van der Waals surface area contributed by atoms with E-state index in [2.05, 4.69) is 26.9 Å². The van der Waals surface area contributed by atoms with Crippen LogP contribution in [0.25, 0.3) is 22.7 Å². The molecular weight excluding hydrogens is 354 g/mol. The Balaban J connectivity index is 1.62. The zero-order chi connectivity index (χ0) is 19.8. The minimum absolute atomic E-state index is 0.165. The number of pyridine rings is 1. The van der Waals surface area contributed by atoms with Crippen LogP contribution in [-0.2, 0) is 6.54 Å². The predicted molar refractivity (Wildman–Crippen MR) is 111 cm³/mol. The van der Waals surface area contributed by atoms with Crippen LogP contribution in [0.1, 0.15) is 71.1 Å². The number of nitrogens with zero attached hydrogens (tertiary/aromatic N) is 4. The molecule has 0 saturated heterocycles. The second-order valence-corrected chi connectivity index (χ2v) is 7.33. The summed E-state index contributed by atoms with van der Waals surface area (Å²) >= 11 is 0. The van der Waals surface area contributed by atoms with Crippen molar-refractivity contribution in [3.8, 4) is 11.5 Å². The zero-order valence-electron chi connectivity index (χ0n) is 16.6. The van der Waals surface area contributed by atoms with E-state index in [-0.39, 0.29) is 5.69 Å². The van der Waals surface area contributed by atoms with Crippen LogP contribution in [0.15, 0.2) is 27.9 Å². The van der Waals surface area contributed by atoms with Crippen molar-refractivity contribution in [3.63, 3.8) is 0 Å². The molecule has 1 aromatic heterocycles. The Kier molecular flexibility index (Phi) is 7.28. The van der Waals surface area contributed by atoms with Crippen LogP contribution in [0.5, 0.6) is 0 Å². The normalized spacial score (nSPS) is 11.5. The molecule has 7 heteroatoms. The first-order chi connectivity index (χ1) is 13.7. The second-order valence-electron chi connectivity index (χ2n) is 7.33. The lowest BCUT2D eigenvalue weighted by Gasteiger charge is -2.15. The van der Waals surface area contributed by atoms with Gasteiger partial charge in [-0.05, 0) is 18.6 Å². The van der Waals surface area contributed by atoms with E-state index in [1.54, 1.807) is 6.20 Å². The molecule has 2 aliphatic rings. The van der Waals surface area contributed by atoms with Crippen LogP contribution < -0.4 is 11.2 Å². The van der Waals surface area contributed by atoms with Gasteiger partial charge in [-0.15, -0.1) is 0 Å². The molecule has 0 aliphatic carbocycles. The van der Waals surface area contributed by atoms with Gasteiger partial charge in [0.2, 0.25) is 0 Å². The second kappa shape index (κ2) is 10.1. The standard InChI is InChI=1S/C21H29N5O2/c1-2-3-4-5-6-7-8-9-10-11-15-26-16-13-12-14-22-18(16)23-17-19(26)24-21(28)25-20(17)27/h12-14H,2-11,15H2,1H3,(H,25,27,28). The number of aryl methyl sites for hydroxylation is 1. The number of nitrogens with one attached hydrogen (secondary N) is 1. The van der Waals surface area contributed by atoms with Gasteiger partial charge >= 0.3 is 5.69 Å². The Bertz CT molecular complexity index is 979. The first-order valence-electron chi connectivity index (χ1n) is 10.5. The highest BCUT2D eigenvalue weighted by atomic mass is 16.2. The highest BCUT2D eigenvalue weighted by Crippen LogP contribution is 2.20. The average molecular weight is 383 g/mol. The Morgan fingerprint density at radius 1 is 0.929 bits per heavy atom. The molecular formula is C21H29N5O2. The van der Waals surface area contributed by atoms with Gasteiger partial charge in [0, 0.05) is 12.7 Å². The fourth-order valence-electron chi connectivity index (χ4n) is 3.61. The van der Waals surface area contributed by atoms with Crippen molar-refractivity contribution in [1.82, 2.24) is 24.5 Å². The Morgan fingerprint density at radius 3 is 2.32 bits per heavy atom. The molecule has 28 heavy (non-hydrogen) atoms. The highest BCUT2D eigenvalue weighted by Gasteiger charge is 2.18. The number of H-pyrrole nitrogens is 1. The molecule has 1 N–H and O–H groups in total. The molecule has 0 spiro atoms. The zero-order valence-corrected chi connectivity index (χ0v) is 16.6. The van der Waals surface area contributed by atoms with Gasteiger partial charge < -0.3 is 4.57 Å². The Labute approximate surface area is 164 Å².